The molecule has 6 aromatic carbocycles. The number of rotatable bonds is 7. The molecule has 0 aliphatic heterocycles. The summed E-state index contributed by atoms with van der Waals surface area (Å²) in [6, 6.07) is 59.2. The average molecular weight is 519 g/mol. The van der Waals surface area contributed by atoms with Crippen LogP contribution in [0.5, 0.6) is 0 Å². The summed E-state index contributed by atoms with van der Waals surface area (Å²) in [6.07, 6.45) is 0.860. The predicted molar refractivity (Wildman–Crippen MR) is 168 cm³/mol. The minimum atomic E-state index is 0.680. The molecule has 0 atom stereocenters. The van der Waals surface area contributed by atoms with E-state index in [1.807, 2.05) is 78.9 Å². The number of aldehydes is 1. The first-order chi connectivity index (χ1) is 19.8. The highest BCUT2D eigenvalue weighted by Gasteiger charge is 2.12. The molecule has 0 aliphatic rings. The maximum absolute atomic E-state index is 10.8. The maximum atomic E-state index is 10.8. The van der Waals surface area contributed by atoms with Gasteiger partial charge in [-0.05, 0) is 84.9 Å². The van der Waals surface area contributed by atoms with Gasteiger partial charge in [-0.2, -0.15) is 0 Å². The molecule has 0 aromatic heterocycles. The lowest BCUT2D eigenvalue weighted by atomic mass is 10.1. The van der Waals surface area contributed by atoms with Gasteiger partial charge < -0.3 is 9.80 Å². The molecule has 0 unspecified atom stereocenters. The van der Waals surface area contributed by atoms with Crippen LogP contribution in [0.2, 0.25) is 0 Å². The summed E-state index contributed by atoms with van der Waals surface area (Å²) in [7, 11) is 0. The minimum Gasteiger partial charge on any atom is -0.311 e. The fourth-order valence-electron chi connectivity index (χ4n) is 4.48. The number of nitrogens with zero attached hydrogens (tertiary/aromatic N) is 2. The van der Waals surface area contributed by atoms with Gasteiger partial charge in [-0.25, -0.2) is 0 Å². The number of anilines is 6. The summed E-state index contributed by atoms with van der Waals surface area (Å²) in [5, 5.41) is 0. The van der Waals surface area contributed by atoms with Crippen LogP contribution in [0.4, 0.5) is 34.1 Å². The van der Waals surface area contributed by atoms with Crippen molar-refractivity contribution in [2.24, 2.45) is 0 Å². The van der Waals surface area contributed by atoms with E-state index in [2.05, 4.69) is 107 Å². The quantitative estimate of drug-likeness (QED) is 0.196. The van der Waals surface area contributed by atoms with Gasteiger partial charge in [0.05, 0.1) is 0 Å². The topological polar surface area (TPSA) is 23.6 Å². The van der Waals surface area contributed by atoms with Crippen molar-refractivity contribution in [3.63, 3.8) is 0 Å². The Morgan fingerprint density at radius 1 is 0.300 bits per heavy atom. The summed E-state index contributed by atoms with van der Waals surface area (Å²) >= 11 is 0. The number of benzene rings is 6. The van der Waals surface area contributed by atoms with Gasteiger partial charge in [0.15, 0.2) is 0 Å². The van der Waals surface area contributed by atoms with Gasteiger partial charge in [0.25, 0.3) is 0 Å². The summed E-state index contributed by atoms with van der Waals surface area (Å²) < 4.78 is 0. The van der Waals surface area contributed by atoms with Crippen LogP contribution in [0, 0.1) is 0 Å². The third kappa shape index (κ3) is 6.53. The first-order valence-electron chi connectivity index (χ1n) is 13.2. The molecule has 0 bridgehead atoms. The molecule has 0 saturated carbocycles. The molecule has 0 fully saturated rings. The Balaban J connectivity index is 0.000000162. The van der Waals surface area contributed by atoms with Gasteiger partial charge in [-0.1, -0.05) is 91.0 Å². The van der Waals surface area contributed by atoms with Crippen molar-refractivity contribution in [2.45, 2.75) is 0 Å². The first-order valence-corrected chi connectivity index (χ1v) is 13.2. The lowest BCUT2D eigenvalue weighted by Gasteiger charge is -2.25. The molecule has 6 rings (SSSR count). The first kappa shape index (κ1) is 26.2. The summed E-state index contributed by atoms with van der Waals surface area (Å²) in [6.45, 7) is 0. The Labute approximate surface area is 236 Å². The molecule has 3 nitrogen and oxygen atoms in total. The fourth-order valence-corrected chi connectivity index (χ4v) is 4.48. The Kier molecular flexibility index (Phi) is 8.78. The molecule has 3 heteroatoms. The van der Waals surface area contributed by atoms with Crippen molar-refractivity contribution in [1.29, 1.82) is 0 Å². The maximum Gasteiger partial charge on any atom is 0.150 e. The molecular formula is C37H30N2O. The Morgan fingerprint density at radius 3 is 0.750 bits per heavy atom. The molecule has 0 amide bonds. The van der Waals surface area contributed by atoms with Crippen molar-refractivity contribution in [3.8, 4) is 0 Å². The predicted octanol–water partition coefficient (Wildman–Crippen LogP) is 10.1. The van der Waals surface area contributed by atoms with E-state index in [0.717, 1.165) is 23.3 Å². The van der Waals surface area contributed by atoms with Crippen molar-refractivity contribution in [1.82, 2.24) is 0 Å². The van der Waals surface area contributed by atoms with E-state index < -0.39 is 0 Å². The monoisotopic (exact) mass is 518 g/mol. The lowest BCUT2D eigenvalue weighted by Crippen LogP contribution is -2.09. The summed E-state index contributed by atoms with van der Waals surface area (Å²) in [5.41, 5.74) is 7.38. The standard InChI is InChI=1S/C19H15NO.C18H15N/c21-15-16-11-13-19(14-12-16)20(17-7-3-1-4-8-17)18-9-5-2-6-10-18;1-4-10-16(11-5-1)19(17-12-6-2-7-13-17)18-14-8-3-9-15-18/h1-15H;1-15H. The minimum absolute atomic E-state index is 0.680. The number of carbonyl (C=O) groups excluding carboxylic acids is 1. The van der Waals surface area contributed by atoms with E-state index >= 15 is 0 Å². The zero-order valence-corrected chi connectivity index (χ0v) is 22.1. The number of para-hydroxylation sites is 5. The summed E-state index contributed by atoms with van der Waals surface area (Å²) in [4.78, 5) is 15.2. The van der Waals surface area contributed by atoms with Crippen molar-refractivity contribution < 1.29 is 4.79 Å². The second-order valence-corrected chi connectivity index (χ2v) is 9.06. The molecule has 0 heterocycles. The smallest absolute Gasteiger partial charge is 0.150 e. The van der Waals surface area contributed by atoms with E-state index in [0.29, 0.717) is 5.56 Å². The Morgan fingerprint density at radius 2 is 0.525 bits per heavy atom. The second kappa shape index (κ2) is 13.4. The summed E-state index contributed by atoms with van der Waals surface area (Å²) in [5.74, 6) is 0. The van der Waals surface area contributed by atoms with Crippen molar-refractivity contribution >= 4 is 40.4 Å². The van der Waals surface area contributed by atoms with E-state index in [4.69, 9.17) is 0 Å². The fraction of sp³-hybridized carbons (Fsp3) is 0. The van der Waals surface area contributed by atoms with Crippen LogP contribution < -0.4 is 9.80 Å². The number of carbonyl (C=O) groups is 1. The van der Waals surface area contributed by atoms with Gasteiger partial charge in [0, 0.05) is 39.7 Å². The van der Waals surface area contributed by atoms with E-state index in [9.17, 15) is 4.79 Å². The van der Waals surface area contributed by atoms with Crippen molar-refractivity contribution in [2.75, 3.05) is 9.80 Å². The van der Waals surface area contributed by atoms with Crippen LogP contribution in [0.1, 0.15) is 10.4 Å². The molecule has 40 heavy (non-hydrogen) atoms. The molecule has 0 saturated heterocycles. The van der Waals surface area contributed by atoms with E-state index in [1.165, 1.54) is 17.1 Å². The Bertz CT molecular complexity index is 1440. The zero-order valence-electron chi connectivity index (χ0n) is 22.1. The van der Waals surface area contributed by atoms with Crippen LogP contribution in [0.25, 0.3) is 0 Å². The van der Waals surface area contributed by atoms with Gasteiger partial charge in [-0.15, -0.1) is 0 Å². The largest absolute Gasteiger partial charge is 0.311 e. The Hall–Kier alpha value is -5.41. The van der Waals surface area contributed by atoms with Gasteiger partial charge in [0.1, 0.15) is 6.29 Å². The average Bonchev–Trinajstić information content (AvgIpc) is 3.05. The van der Waals surface area contributed by atoms with Gasteiger partial charge in [-0.3, -0.25) is 4.79 Å². The van der Waals surface area contributed by atoms with Gasteiger partial charge in [0.2, 0.25) is 0 Å². The van der Waals surface area contributed by atoms with Gasteiger partial charge >= 0.3 is 0 Å². The van der Waals surface area contributed by atoms with Crippen molar-refractivity contribution in [3.05, 3.63) is 181 Å². The lowest BCUT2D eigenvalue weighted by molar-refractivity contribution is 0.112. The van der Waals surface area contributed by atoms with E-state index in [-0.39, 0.29) is 0 Å². The molecule has 0 aliphatic carbocycles. The van der Waals surface area contributed by atoms with Crippen LogP contribution in [-0.2, 0) is 0 Å². The normalized spacial score (nSPS) is 10.1. The molecule has 194 valence electrons. The zero-order chi connectivity index (χ0) is 27.4. The highest BCUT2D eigenvalue weighted by atomic mass is 16.1. The van der Waals surface area contributed by atoms with Crippen LogP contribution >= 0.6 is 0 Å². The molecule has 6 aromatic rings. The van der Waals surface area contributed by atoms with E-state index in [1.54, 1.807) is 0 Å². The number of hydrogen-bond donors (Lipinski definition) is 0. The highest BCUT2D eigenvalue weighted by molar-refractivity contribution is 5.80. The third-order valence-electron chi connectivity index (χ3n) is 6.36. The molecule has 0 spiro atoms. The molecule has 0 radical (unpaired) electrons. The third-order valence-corrected chi connectivity index (χ3v) is 6.36. The second-order valence-electron chi connectivity index (χ2n) is 9.06. The molecule has 0 N–H and O–H groups in total. The highest BCUT2D eigenvalue weighted by Crippen LogP contribution is 2.34. The molecular weight excluding hydrogens is 488 g/mol. The van der Waals surface area contributed by atoms with Crippen LogP contribution in [0.3, 0.4) is 0 Å². The number of hydrogen-bond acceptors (Lipinski definition) is 3. The van der Waals surface area contributed by atoms with Crippen LogP contribution in [0.15, 0.2) is 176 Å². The SMILES string of the molecule is O=Cc1ccc(N(c2ccccc2)c2ccccc2)cc1.c1ccc(N(c2ccccc2)c2ccccc2)cc1. The van der Waals surface area contributed by atoms with Crippen LogP contribution in [-0.4, -0.2) is 6.29 Å².